The molecule has 0 radical (unpaired) electrons. The number of methoxy groups -OCH3 is 1. The van der Waals surface area contributed by atoms with Crippen molar-refractivity contribution in [2.45, 2.75) is 0 Å². The molecule has 0 aromatic heterocycles. The number of benzene rings is 3. The van der Waals surface area contributed by atoms with E-state index in [4.69, 9.17) is 15.2 Å². The Balaban J connectivity index is 1.50. The number of nitrogens with two attached hydrogens (primary N) is 1. The molecule has 0 saturated carbocycles. The fourth-order valence-corrected chi connectivity index (χ4v) is 2.66. The number of esters is 1. The monoisotopic (exact) mass is 460 g/mol. The van der Waals surface area contributed by atoms with Gasteiger partial charge in [-0.2, -0.15) is 5.10 Å². The number of nitrogens with zero attached hydrogens (tertiary/aromatic N) is 1. The molecular weight excluding hydrogens is 440 g/mol. The summed E-state index contributed by atoms with van der Waals surface area (Å²) in [5.41, 5.74) is 8.77. The highest BCUT2D eigenvalue weighted by Gasteiger charge is 2.13. The van der Waals surface area contributed by atoms with E-state index >= 15 is 0 Å². The fraction of sp³-hybridized carbons (Fsp3) is 0.0417. The summed E-state index contributed by atoms with van der Waals surface area (Å²) in [7, 11) is 1.50. The predicted octanol–water partition coefficient (Wildman–Crippen LogP) is 2.10. The lowest BCUT2D eigenvalue weighted by Gasteiger charge is -2.06. The van der Waals surface area contributed by atoms with Gasteiger partial charge in [-0.3, -0.25) is 14.4 Å². The molecule has 0 saturated heterocycles. The van der Waals surface area contributed by atoms with Crippen LogP contribution in [0.25, 0.3) is 0 Å². The third kappa shape index (κ3) is 6.50. The van der Waals surface area contributed by atoms with E-state index in [0.717, 1.165) is 0 Å². The first-order valence-electron chi connectivity index (χ1n) is 9.86. The van der Waals surface area contributed by atoms with Crippen LogP contribution in [0.4, 0.5) is 5.69 Å². The van der Waals surface area contributed by atoms with E-state index < -0.39 is 23.7 Å². The predicted molar refractivity (Wildman–Crippen MR) is 124 cm³/mol. The zero-order valence-corrected chi connectivity index (χ0v) is 18.0. The molecule has 0 bridgehead atoms. The Morgan fingerprint density at radius 3 is 2.21 bits per heavy atom. The second-order valence-electron chi connectivity index (χ2n) is 6.79. The lowest BCUT2D eigenvalue weighted by Crippen LogP contribution is -2.32. The standard InChI is InChI=1S/C24H20N4O6/c1-33-20-4-2-3-17(13-20)24(32)34-19-11-5-15(6-12-19)14-26-28-23(31)22(30)27-18-9-7-16(8-10-18)21(25)29/h2-14H,1H3,(H2,25,29)(H,27,30)(H,28,31)/b26-14+. The molecular formula is C24H20N4O6. The molecule has 0 spiro atoms. The van der Waals surface area contributed by atoms with E-state index in [1.807, 2.05) is 0 Å². The number of anilines is 1. The summed E-state index contributed by atoms with van der Waals surface area (Å²) >= 11 is 0. The van der Waals surface area contributed by atoms with Crippen LogP contribution in [0.15, 0.2) is 77.9 Å². The Morgan fingerprint density at radius 2 is 1.56 bits per heavy atom. The van der Waals surface area contributed by atoms with Crippen molar-refractivity contribution in [1.29, 1.82) is 0 Å². The molecule has 10 heteroatoms. The summed E-state index contributed by atoms with van der Waals surface area (Å²) in [6.07, 6.45) is 1.32. The molecule has 0 unspecified atom stereocenters. The Bertz CT molecular complexity index is 1240. The van der Waals surface area contributed by atoms with Gasteiger partial charge in [-0.1, -0.05) is 6.07 Å². The van der Waals surface area contributed by atoms with E-state index in [1.54, 1.807) is 48.5 Å². The average Bonchev–Trinajstić information content (AvgIpc) is 2.85. The number of hydrogen-bond acceptors (Lipinski definition) is 7. The van der Waals surface area contributed by atoms with Crippen molar-refractivity contribution in [3.63, 3.8) is 0 Å². The van der Waals surface area contributed by atoms with Crippen molar-refractivity contribution >= 4 is 35.6 Å². The fourth-order valence-electron chi connectivity index (χ4n) is 2.66. The molecule has 3 aromatic carbocycles. The number of nitrogens with one attached hydrogen (secondary N) is 2. The molecule has 3 rings (SSSR count). The minimum atomic E-state index is -0.987. The van der Waals surface area contributed by atoms with E-state index in [2.05, 4.69) is 15.8 Å². The normalized spacial score (nSPS) is 10.4. The van der Waals surface area contributed by atoms with Gasteiger partial charge in [-0.05, 0) is 72.3 Å². The first kappa shape index (κ1) is 23.7. The molecule has 0 aliphatic heterocycles. The molecule has 3 aromatic rings. The highest BCUT2D eigenvalue weighted by atomic mass is 16.5. The largest absolute Gasteiger partial charge is 0.497 e. The topological polar surface area (TPSA) is 149 Å². The molecule has 0 atom stereocenters. The Labute approximate surface area is 194 Å². The van der Waals surface area contributed by atoms with Crippen LogP contribution in [-0.4, -0.2) is 37.0 Å². The van der Waals surface area contributed by atoms with E-state index in [-0.39, 0.29) is 5.56 Å². The maximum Gasteiger partial charge on any atom is 0.343 e. The van der Waals surface area contributed by atoms with Gasteiger partial charge >= 0.3 is 17.8 Å². The van der Waals surface area contributed by atoms with Crippen LogP contribution in [0.2, 0.25) is 0 Å². The zero-order valence-electron chi connectivity index (χ0n) is 18.0. The zero-order chi connectivity index (χ0) is 24.5. The van der Waals surface area contributed by atoms with E-state index in [0.29, 0.717) is 28.3 Å². The smallest absolute Gasteiger partial charge is 0.343 e. The van der Waals surface area contributed by atoms with Gasteiger partial charge in [0.1, 0.15) is 11.5 Å². The molecule has 4 N–H and O–H groups in total. The second-order valence-corrected chi connectivity index (χ2v) is 6.79. The van der Waals surface area contributed by atoms with Crippen molar-refractivity contribution in [2.24, 2.45) is 10.8 Å². The third-order valence-corrected chi connectivity index (χ3v) is 4.41. The highest BCUT2D eigenvalue weighted by molar-refractivity contribution is 6.39. The third-order valence-electron chi connectivity index (χ3n) is 4.41. The van der Waals surface area contributed by atoms with Gasteiger partial charge in [-0.25, -0.2) is 10.2 Å². The first-order chi connectivity index (χ1) is 16.4. The van der Waals surface area contributed by atoms with Crippen LogP contribution in [-0.2, 0) is 9.59 Å². The highest BCUT2D eigenvalue weighted by Crippen LogP contribution is 2.17. The summed E-state index contributed by atoms with van der Waals surface area (Å²) in [4.78, 5) is 47.1. The summed E-state index contributed by atoms with van der Waals surface area (Å²) in [5, 5.41) is 6.10. The van der Waals surface area contributed by atoms with Crippen molar-refractivity contribution in [3.05, 3.63) is 89.5 Å². The second kappa shape index (κ2) is 11.0. The number of rotatable bonds is 7. The number of hydrogen-bond donors (Lipinski definition) is 3. The van der Waals surface area contributed by atoms with E-state index in [1.165, 1.54) is 37.6 Å². The molecule has 0 aliphatic rings. The van der Waals surface area contributed by atoms with Crippen LogP contribution < -0.4 is 25.9 Å². The van der Waals surface area contributed by atoms with Gasteiger partial charge in [0, 0.05) is 11.3 Å². The molecule has 0 aliphatic carbocycles. The maximum atomic E-state index is 12.2. The lowest BCUT2D eigenvalue weighted by molar-refractivity contribution is -0.136. The lowest BCUT2D eigenvalue weighted by atomic mass is 10.2. The summed E-state index contributed by atoms with van der Waals surface area (Å²) in [6, 6.07) is 18.7. The van der Waals surface area contributed by atoms with Crippen molar-refractivity contribution in [1.82, 2.24) is 5.43 Å². The molecule has 0 heterocycles. The van der Waals surface area contributed by atoms with E-state index in [9.17, 15) is 19.2 Å². The van der Waals surface area contributed by atoms with Crippen molar-refractivity contribution < 1.29 is 28.7 Å². The van der Waals surface area contributed by atoms with Crippen LogP contribution in [0.3, 0.4) is 0 Å². The van der Waals surface area contributed by atoms with Crippen LogP contribution in [0, 0.1) is 0 Å². The van der Waals surface area contributed by atoms with Crippen molar-refractivity contribution in [3.8, 4) is 11.5 Å². The SMILES string of the molecule is COc1cccc(C(=O)Oc2ccc(/C=N/NC(=O)C(=O)Nc3ccc(C(N)=O)cc3)cc2)c1. The number of amides is 3. The quantitative estimate of drug-likeness (QED) is 0.162. The molecule has 0 fully saturated rings. The van der Waals surface area contributed by atoms with Gasteiger partial charge in [0.15, 0.2) is 0 Å². The minimum Gasteiger partial charge on any atom is -0.497 e. The number of primary amides is 1. The molecule has 3 amide bonds. The Kier molecular flexibility index (Phi) is 7.69. The summed E-state index contributed by atoms with van der Waals surface area (Å²) in [6.45, 7) is 0. The maximum absolute atomic E-state index is 12.2. The molecule has 172 valence electrons. The minimum absolute atomic E-state index is 0.271. The Morgan fingerprint density at radius 1 is 0.853 bits per heavy atom. The Hall–Kier alpha value is -4.99. The molecule has 10 nitrogen and oxygen atoms in total. The summed E-state index contributed by atoms with van der Waals surface area (Å²) in [5.74, 6) is -2.22. The van der Waals surface area contributed by atoms with Crippen LogP contribution in [0.5, 0.6) is 11.5 Å². The van der Waals surface area contributed by atoms with Crippen LogP contribution >= 0.6 is 0 Å². The average molecular weight is 460 g/mol. The van der Waals surface area contributed by atoms with Gasteiger partial charge in [-0.15, -0.1) is 0 Å². The van der Waals surface area contributed by atoms with Gasteiger partial charge in [0.25, 0.3) is 0 Å². The van der Waals surface area contributed by atoms with Crippen molar-refractivity contribution in [2.75, 3.05) is 12.4 Å². The first-order valence-corrected chi connectivity index (χ1v) is 9.86. The number of carbonyl (C=O) groups excluding carboxylic acids is 4. The number of carbonyl (C=O) groups is 4. The van der Waals surface area contributed by atoms with Gasteiger partial charge in [0.2, 0.25) is 5.91 Å². The summed E-state index contributed by atoms with van der Waals surface area (Å²) < 4.78 is 10.4. The van der Waals surface area contributed by atoms with Gasteiger partial charge < -0.3 is 20.5 Å². The molecule has 34 heavy (non-hydrogen) atoms. The number of hydrazone groups is 1. The number of ether oxygens (including phenoxy) is 2. The van der Waals surface area contributed by atoms with Crippen LogP contribution in [0.1, 0.15) is 26.3 Å². The van der Waals surface area contributed by atoms with Gasteiger partial charge in [0.05, 0.1) is 18.9 Å².